The van der Waals surface area contributed by atoms with E-state index in [0.29, 0.717) is 27.0 Å². The predicted molar refractivity (Wildman–Crippen MR) is 117 cm³/mol. The van der Waals surface area contributed by atoms with E-state index in [2.05, 4.69) is 39.0 Å². The minimum atomic E-state index is -0.309. The van der Waals surface area contributed by atoms with Gasteiger partial charge in [-0.05, 0) is 58.5 Å². The molecule has 0 fully saturated rings. The molecule has 1 amide bonds. The molecule has 0 saturated heterocycles. The van der Waals surface area contributed by atoms with E-state index in [1.54, 1.807) is 29.0 Å². The van der Waals surface area contributed by atoms with E-state index in [0.717, 1.165) is 14.5 Å². The average molecular weight is 510 g/mol. The highest BCUT2D eigenvalue weighted by atomic mass is 127. The van der Waals surface area contributed by atoms with E-state index >= 15 is 0 Å². The summed E-state index contributed by atoms with van der Waals surface area (Å²) < 4.78 is 3.42. The van der Waals surface area contributed by atoms with Crippen LogP contribution in [0.4, 0.5) is 5.82 Å². The largest absolute Gasteiger partial charge is 0.494 e. The monoisotopic (exact) mass is 509 g/mol. The standard InChI is InChI=1S/C19H13ClIN3O2S/c20-15-5-4-14(27-15)18(25)23-17-16-12(6-7-22-17)10-24(19(16)26)9-11-2-1-3-13(21)8-11/h1-8,10,26H,9H2,(H,22,23,25). The number of benzene rings is 1. The fourth-order valence-corrected chi connectivity index (χ4v) is 4.39. The number of amides is 1. The van der Waals surface area contributed by atoms with Crippen LogP contribution in [0.2, 0.25) is 4.34 Å². The second kappa shape index (κ2) is 7.49. The van der Waals surface area contributed by atoms with Gasteiger partial charge >= 0.3 is 0 Å². The van der Waals surface area contributed by atoms with Gasteiger partial charge in [0.2, 0.25) is 5.88 Å². The van der Waals surface area contributed by atoms with Crippen molar-refractivity contribution in [3.63, 3.8) is 0 Å². The molecule has 4 rings (SSSR count). The number of hydrogen-bond acceptors (Lipinski definition) is 4. The topological polar surface area (TPSA) is 67.2 Å². The SMILES string of the molecule is O=C(Nc1nccc2cn(Cc3cccc(I)c3)c(O)c12)c1ccc(Cl)s1. The molecular formula is C19H13ClIN3O2S. The third kappa shape index (κ3) is 3.80. The summed E-state index contributed by atoms with van der Waals surface area (Å²) in [7, 11) is 0. The van der Waals surface area contributed by atoms with Crippen molar-refractivity contribution in [2.24, 2.45) is 0 Å². The van der Waals surface area contributed by atoms with Crippen molar-refractivity contribution in [1.82, 2.24) is 9.55 Å². The molecule has 3 heterocycles. The van der Waals surface area contributed by atoms with Crippen molar-refractivity contribution < 1.29 is 9.90 Å². The number of carbonyl (C=O) groups is 1. The van der Waals surface area contributed by atoms with E-state index in [1.165, 1.54) is 11.3 Å². The molecule has 0 spiro atoms. The lowest BCUT2D eigenvalue weighted by molar-refractivity contribution is 0.103. The number of nitrogens with zero attached hydrogens (tertiary/aromatic N) is 2. The Labute approximate surface area is 177 Å². The van der Waals surface area contributed by atoms with Gasteiger partial charge in [0.25, 0.3) is 5.91 Å². The molecule has 0 saturated carbocycles. The maximum atomic E-state index is 12.4. The van der Waals surface area contributed by atoms with Crippen molar-refractivity contribution >= 4 is 68.0 Å². The highest BCUT2D eigenvalue weighted by Gasteiger charge is 2.17. The second-order valence-electron chi connectivity index (χ2n) is 5.89. The Morgan fingerprint density at radius 1 is 1.30 bits per heavy atom. The lowest BCUT2D eigenvalue weighted by Crippen LogP contribution is -2.11. The van der Waals surface area contributed by atoms with Gasteiger partial charge in [0, 0.05) is 21.4 Å². The van der Waals surface area contributed by atoms with Crippen LogP contribution in [0, 0.1) is 3.57 Å². The number of fused-ring (bicyclic) bond motifs is 1. The summed E-state index contributed by atoms with van der Waals surface area (Å²) in [6, 6.07) is 13.2. The summed E-state index contributed by atoms with van der Waals surface area (Å²) in [6.45, 7) is 0.519. The van der Waals surface area contributed by atoms with Crippen LogP contribution >= 0.6 is 45.5 Å². The molecule has 0 bridgehead atoms. The highest BCUT2D eigenvalue weighted by molar-refractivity contribution is 14.1. The van der Waals surface area contributed by atoms with Gasteiger partial charge in [-0.15, -0.1) is 11.3 Å². The van der Waals surface area contributed by atoms with Crippen molar-refractivity contribution in [2.75, 3.05) is 5.32 Å². The van der Waals surface area contributed by atoms with Crippen LogP contribution in [0.25, 0.3) is 10.8 Å². The fraction of sp³-hybridized carbons (Fsp3) is 0.0526. The molecule has 0 aliphatic rings. The smallest absolute Gasteiger partial charge is 0.266 e. The summed E-state index contributed by atoms with van der Waals surface area (Å²) in [5.41, 5.74) is 1.07. The molecule has 5 nitrogen and oxygen atoms in total. The first-order valence-electron chi connectivity index (χ1n) is 7.99. The van der Waals surface area contributed by atoms with Crippen molar-refractivity contribution in [2.45, 2.75) is 6.54 Å². The van der Waals surface area contributed by atoms with Crippen LogP contribution in [0.15, 0.2) is 54.9 Å². The molecule has 136 valence electrons. The van der Waals surface area contributed by atoms with Crippen molar-refractivity contribution in [1.29, 1.82) is 0 Å². The lowest BCUT2D eigenvalue weighted by Gasteiger charge is -2.07. The molecule has 4 aromatic rings. The molecular weight excluding hydrogens is 497 g/mol. The van der Waals surface area contributed by atoms with Gasteiger partial charge in [-0.25, -0.2) is 4.98 Å². The van der Waals surface area contributed by atoms with Crippen LogP contribution < -0.4 is 5.32 Å². The fourth-order valence-electron chi connectivity index (χ4n) is 2.84. The number of halogens is 2. The van der Waals surface area contributed by atoms with Gasteiger partial charge in [0.1, 0.15) is 5.82 Å². The number of nitrogens with one attached hydrogen (secondary N) is 1. The zero-order valence-corrected chi connectivity index (χ0v) is 17.5. The van der Waals surface area contributed by atoms with Crippen LogP contribution in [-0.4, -0.2) is 20.6 Å². The number of hydrogen-bond donors (Lipinski definition) is 2. The summed E-state index contributed by atoms with van der Waals surface area (Å²) >= 11 is 9.35. The Balaban J connectivity index is 1.68. The maximum Gasteiger partial charge on any atom is 0.266 e. The van der Waals surface area contributed by atoms with Gasteiger partial charge < -0.3 is 15.0 Å². The first kappa shape index (κ1) is 18.3. The number of aromatic hydroxyl groups is 1. The van der Waals surface area contributed by atoms with E-state index in [9.17, 15) is 9.90 Å². The van der Waals surface area contributed by atoms with Crippen LogP contribution in [-0.2, 0) is 6.54 Å². The molecule has 1 aromatic carbocycles. The molecule has 0 radical (unpaired) electrons. The van der Waals surface area contributed by atoms with E-state index < -0.39 is 0 Å². The minimum Gasteiger partial charge on any atom is -0.494 e. The predicted octanol–water partition coefficient (Wildman–Crippen LogP) is 5.36. The number of thiophene rings is 1. The van der Waals surface area contributed by atoms with Gasteiger partial charge in [-0.3, -0.25) is 4.79 Å². The van der Waals surface area contributed by atoms with Gasteiger partial charge in [-0.2, -0.15) is 0 Å². The Kier molecular flexibility index (Phi) is 5.07. The third-order valence-corrected chi connectivity index (χ3v) is 5.95. The number of anilines is 1. The molecule has 0 aliphatic carbocycles. The minimum absolute atomic E-state index is 0.0662. The average Bonchev–Trinajstić information content (AvgIpc) is 3.20. The normalized spacial score (nSPS) is 11.0. The van der Waals surface area contributed by atoms with E-state index in [-0.39, 0.29) is 11.8 Å². The number of rotatable bonds is 4. The Morgan fingerprint density at radius 3 is 2.89 bits per heavy atom. The Hall–Kier alpha value is -2.10. The molecule has 0 aliphatic heterocycles. The molecule has 27 heavy (non-hydrogen) atoms. The van der Waals surface area contributed by atoms with Crippen LogP contribution in [0.5, 0.6) is 5.88 Å². The van der Waals surface area contributed by atoms with Crippen LogP contribution in [0.3, 0.4) is 0 Å². The number of aromatic nitrogens is 2. The van der Waals surface area contributed by atoms with Crippen LogP contribution in [0.1, 0.15) is 15.2 Å². The third-order valence-electron chi connectivity index (χ3n) is 4.04. The summed E-state index contributed by atoms with van der Waals surface area (Å²) in [5.74, 6) is 0.0778. The molecule has 2 N–H and O–H groups in total. The van der Waals surface area contributed by atoms with Gasteiger partial charge in [0.15, 0.2) is 0 Å². The quantitative estimate of drug-likeness (QED) is 0.364. The summed E-state index contributed by atoms with van der Waals surface area (Å²) in [6.07, 6.45) is 3.46. The van der Waals surface area contributed by atoms with E-state index in [1.807, 2.05) is 24.4 Å². The first-order chi connectivity index (χ1) is 13.0. The Bertz CT molecular complexity index is 1160. The number of carbonyl (C=O) groups excluding carboxylic acids is 1. The first-order valence-corrected chi connectivity index (χ1v) is 10.3. The molecule has 0 unspecified atom stereocenters. The molecule has 3 aromatic heterocycles. The van der Waals surface area contributed by atoms with Gasteiger partial charge in [-0.1, -0.05) is 23.7 Å². The zero-order chi connectivity index (χ0) is 19.0. The molecule has 8 heteroatoms. The zero-order valence-electron chi connectivity index (χ0n) is 13.8. The highest BCUT2D eigenvalue weighted by Crippen LogP contribution is 2.33. The maximum absolute atomic E-state index is 12.4. The van der Waals surface area contributed by atoms with Crippen molar-refractivity contribution in [3.05, 3.63) is 73.2 Å². The summed E-state index contributed by atoms with van der Waals surface area (Å²) in [5, 5.41) is 14.8. The second-order valence-corrected chi connectivity index (χ2v) is 8.85. The molecule has 0 atom stereocenters. The van der Waals surface area contributed by atoms with E-state index in [4.69, 9.17) is 11.6 Å². The Morgan fingerprint density at radius 2 is 2.15 bits per heavy atom. The van der Waals surface area contributed by atoms with Crippen molar-refractivity contribution in [3.8, 4) is 5.88 Å². The van der Waals surface area contributed by atoms with Gasteiger partial charge in [0.05, 0.1) is 21.1 Å². The summed E-state index contributed by atoms with van der Waals surface area (Å²) in [4.78, 5) is 17.2. The lowest BCUT2D eigenvalue weighted by atomic mass is 10.2. The number of pyridine rings is 1.